The summed E-state index contributed by atoms with van der Waals surface area (Å²) in [5, 5.41) is 28.0. The minimum absolute atomic E-state index is 0.169. The van der Waals surface area contributed by atoms with Crippen molar-refractivity contribution in [3.05, 3.63) is 99.1 Å². The highest BCUT2D eigenvalue weighted by atomic mass is 16.6. The first-order chi connectivity index (χ1) is 17.9. The second-order valence-corrected chi connectivity index (χ2v) is 9.19. The molecule has 3 aromatic carbocycles. The third kappa shape index (κ3) is 3.96. The lowest BCUT2D eigenvalue weighted by atomic mass is 9.78. The molecule has 1 spiro atoms. The van der Waals surface area contributed by atoms with Crippen molar-refractivity contribution in [2.75, 3.05) is 11.9 Å². The standard InChI is InChI=1S/C28H26N4O5/c1-3-36-24-14-18(12-13-23(24)37-16-20-9-5-4-8-19(20)15-29)25-17(2)31-28(26(25)32(34)35)21-10-6-7-11-22(21)30-27(28)33/h4-14,17,25-26,31H,3,16H2,1-2H3,(H,30,33)/t17-,25-,26-,28-/m0/s1. The van der Waals surface area contributed by atoms with Gasteiger partial charge in [-0.2, -0.15) is 5.26 Å². The van der Waals surface area contributed by atoms with Gasteiger partial charge >= 0.3 is 0 Å². The van der Waals surface area contributed by atoms with Crippen molar-refractivity contribution in [3.63, 3.8) is 0 Å². The second-order valence-electron chi connectivity index (χ2n) is 9.19. The van der Waals surface area contributed by atoms with Crippen LogP contribution in [0.15, 0.2) is 66.7 Å². The molecule has 5 rings (SSSR count). The number of carbonyl (C=O) groups is 1. The number of nitriles is 1. The third-order valence-corrected chi connectivity index (χ3v) is 7.14. The minimum atomic E-state index is -1.48. The van der Waals surface area contributed by atoms with Crippen LogP contribution in [0.3, 0.4) is 0 Å². The molecule has 0 saturated carbocycles. The van der Waals surface area contributed by atoms with Crippen LogP contribution in [0.1, 0.15) is 42.0 Å². The van der Waals surface area contributed by atoms with E-state index in [0.717, 1.165) is 5.56 Å². The number of rotatable bonds is 7. The van der Waals surface area contributed by atoms with Gasteiger partial charge in [-0.25, -0.2) is 0 Å². The fraction of sp³-hybridized carbons (Fsp3) is 0.286. The Hall–Kier alpha value is -4.42. The van der Waals surface area contributed by atoms with Gasteiger partial charge in [-0.1, -0.05) is 42.5 Å². The fourth-order valence-corrected chi connectivity index (χ4v) is 5.58. The number of anilines is 1. The number of benzene rings is 3. The average molecular weight is 499 g/mol. The van der Waals surface area contributed by atoms with E-state index in [-0.39, 0.29) is 17.6 Å². The lowest BCUT2D eigenvalue weighted by molar-refractivity contribution is -0.532. The molecule has 1 saturated heterocycles. The molecule has 0 aliphatic carbocycles. The minimum Gasteiger partial charge on any atom is -0.490 e. The van der Waals surface area contributed by atoms with E-state index >= 15 is 0 Å². The number of hydrogen-bond donors (Lipinski definition) is 2. The highest BCUT2D eigenvalue weighted by Crippen LogP contribution is 2.50. The zero-order valence-corrected chi connectivity index (χ0v) is 20.4. The molecule has 2 aliphatic rings. The van der Waals surface area contributed by atoms with E-state index in [1.54, 1.807) is 54.6 Å². The fourth-order valence-electron chi connectivity index (χ4n) is 5.58. The molecule has 188 valence electrons. The van der Waals surface area contributed by atoms with Crippen LogP contribution in [0.4, 0.5) is 5.69 Å². The van der Waals surface area contributed by atoms with Crippen LogP contribution >= 0.6 is 0 Å². The average Bonchev–Trinajstić information content (AvgIpc) is 3.36. The summed E-state index contributed by atoms with van der Waals surface area (Å²) in [6, 6.07) is 20.1. The van der Waals surface area contributed by atoms with E-state index < -0.39 is 23.4 Å². The largest absolute Gasteiger partial charge is 0.490 e. The van der Waals surface area contributed by atoms with Crippen LogP contribution in [0.25, 0.3) is 0 Å². The van der Waals surface area contributed by atoms with Crippen LogP contribution in [0, 0.1) is 21.4 Å². The van der Waals surface area contributed by atoms with Crippen molar-refractivity contribution in [3.8, 4) is 17.6 Å². The van der Waals surface area contributed by atoms with Gasteiger partial charge in [0, 0.05) is 27.8 Å². The molecule has 0 aromatic heterocycles. The summed E-state index contributed by atoms with van der Waals surface area (Å²) < 4.78 is 11.9. The number of fused-ring (bicyclic) bond motifs is 2. The smallest absolute Gasteiger partial charge is 0.256 e. The lowest BCUT2D eigenvalue weighted by Gasteiger charge is -2.25. The van der Waals surface area contributed by atoms with Crippen molar-refractivity contribution in [2.24, 2.45) is 0 Å². The summed E-state index contributed by atoms with van der Waals surface area (Å²) in [7, 11) is 0. The Kier molecular flexibility index (Phi) is 6.27. The van der Waals surface area contributed by atoms with E-state index in [1.165, 1.54) is 0 Å². The number of amides is 1. The van der Waals surface area contributed by atoms with Gasteiger partial charge in [0.25, 0.3) is 11.9 Å². The van der Waals surface area contributed by atoms with Crippen LogP contribution in [-0.2, 0) is 16.9 Å². The van der Waals surface area contributed by atoms with Crippen LogP contribution in [0.5, 0.6) is 11.5 Å². The highest BCUT2D eigenvalue weighted by molar-refractivity contribution is 6.07. The molecule has 2 N–H and O–H groups in total. The normalized spacial score (nSPS) is 23.8. The second kappa shape index (κ2) is 9.56. The van der Waals surface area contributed by atoms with Gasteiger partial charge < -0.3 is 14.8 Å². The summed E-state index contributed by atoms with van der Waals surface area (Å²) >= 11 is 0. The topological polar surface area (TPSA) is 127 Å². The molecule has 0 bridgehead atoms. The van der Waals surface area contributed by atoms with Gasteiger partial charge in [-0.15, -0.1) is 0 Å². The molecule has 4 atom stereocenters. The van der Waals surface area contributed by atoms with Gasteiger partial charge in [0.15, 0.2) is 17.0 Å². The molecular weight excluding hydrogens is 472 g/mol. The Morgan fingerprint density at radius 3 is 2.59 bits per heavy atom. The molecule has 0 radical (unpaired) electrons. The Morgan fingerprint density at radius 1 is 1.08 bits per heavy atom. The van der Waals surface area contributed by atoms with E-state index in [0.29, 0.717) is 40.5 Å². The zero-order valence-electron chi connectivity index (χ0n) is 20.4. The number of para-hydroxylation sites is 1. The molecule has 2 heterocycles. The first-order valence-corrected chi connectivity index (χ1v) is 12.1. The highest BCUT2D eigenvalue weighted by Gasteiger charge is 2.67. The predicted molar refractivity (Wildman–Crippen MR) is 136 cm³/mol. The molecule has 3 aromatic rings. The maximum absolute atomic E-state index is 13.2. The number of nitrogens with one attached hydrogen (secondary N) is 2. The molecule has 0 unspecified atom stereocenters. The molecule has 9 heteroatoms. The maximum Gasteiger partial charge on any atom is 0.256 e. The Labute approximate surface area is 214 Å². The van der Waals surface area contributed by atoms with Crippen molar-refractivity contribution in [2.45, 2.75) is 44.0 Å². The van der Waals surface area contributed by atoms with Gasteiger partial charge in [-0.05, 0) is 43.7 Å². The number of hydrogen-bond acceptors (Lipinski definition) is 7. The Bertz CT molecular complexity index is 1420. The quantitative estimate of drug-likeness (QED) is 0.371. The summed E-state index contributed by atoms with van der Waals surface area (Å²) in [5.74, 6) is -0.125. The molecule has 2 aliphatic heterocycles. The Morgan fingerprint density at radius 2 is 1.84 bits per heavy atom. The van der Waals surface area contributed by atoms with Crippen LogP contribution in [-0.4, -0.2) is 29.5 Å². The number of nitro groups is 1. The maximum atomic E-state index is 13.2. The third-order valence-electron chi connectivity index (χ3n) is 7.14. The van der Waals surface area contributed by atoms with Crippen molar-refractivity contribution in [1.29, 1.82) is 5.26 Å². The summed E-state index contributed by atoms with van der Waals surface area (Å²) in [4.78, 5) is 25.4. The summed E-state index contributed by atoms with van der Waals surface area (Å²) in [5.41, 5.74) is 1.62. The summed E-state index contributed by atoms with van der Waals surface area (Å²) in [6.45, 7) is 4.23. The van der Waals surface area contributed by atoms with E-state index in [1.807, 2.05) is 26.0 Å². The molecular formula is C28H26N4O5. The molecule has 1 fully saturated rings. The van der Waals surface area contributed by atoms with Gasteiger partial charge in [0.2, 0.25) is 0 Å². The van der Waals surface area contributed by atoms with Crippen molar-refractivity contribution < 1.29 is 19.2 Å². The van der Waals surface area contributed by atoms with E-state index in [9.17, 15) is 20.2 Å². The number of carbonyl (C=O) groups excluding carboxylic acids is 1. The number of ether oxygens (including phenoxy) is 2. The van der Waals surface area contributed by atoms with E-state index in [2.05, 4.69) is 16.7 Å². The first kappa shape index (κ1) is 24.3. The molecule has 1 amide bonds. The van der Waals surface area contributed by atoms with Gasteiger partial charge in [0.1, 0.15) is 6.61 Å². The lowest BCUT2D eigenvalue weighted by Crippen LogP contribution is -2.54. The summed E-state index contributed by atoms with van der Waals surface area (Å²) in [6.07, 6.45) is 0. The van der Waals surface area contributed by atoms with Crippen molar-refractivity contribution in [1.82, 2.24) is 5.32 Å². The van der Waals surface area contributed by atoms with Crippen LogP contribution in [0.2, 0.25) is 0 Å². The first-order valence-electron chi connectivity index (χ1n) is 12.1. The van der Waals surface area contributed by atoms with Crippen molar-refractivity contribution >= 4 is 11.6 Å². The monoisotopic (exact) mass is 498 g/mol. The molecule has 9 nitrogen and oxygen atoms in total. The predicted octanol–water partition coefficient (Wildman–Crippen LogP) is 4.10. The van der Waals surface area contributed by atoms with E-state index in [4.69, 9.17) is 9.47 Å². The SMILES string of the molecule is CCOc1cc([C@@H]2[C@H](C)N[C@]3(C(=O)Nc4ccccc43)[C@H]2[N+](=O)[O-])ccc1OCc1ccccc1C#N. The van der Waals surface area contributed by atoms with Gasteiger partial charge in [0.05, 0.1) is 24.2 Å². The number of nitrogens with zero attached hydrogens (tertiary/aromatic N) is 2. The van der Waals surface area contributed by atoms with Crippen LogP contribution < -0.4 is 20.1 Å². The Balaban J connectivity index is 1.51. The van der Waals surface area contributed by atoms with Gasteiger partial charge in [-0.3, -0.25) is 20.2 Å². The molecule has 37 heavy (non-hydrogen) atoms. The zero-order chi connectivity index (χ0) is 26.2.